The fourth-order valence-corrected chi connectivity index (χ4v) is 4.04. The molecule has 0 amide bonds. The topological polar surface area (TPSA) is 54.6 Å². The predicted molar refractivity (Wildman–Crippen MR) is 100 cm³/mol. The molecule has 2 aromatic heterocycles. The van der Waals surface area contributed by atoms with Crippen LogP contribution in [0.3, 0.4) is 0 Å². The summed E-state index contributed by atoms with van der Waals surface area (Å²) in [7, 11) is 2.16. The molecule has 4 heterocycles. The van der Waals surface area contributed by atoms with Crippen LogP contribution in [-0.4, -0.2) is 53.3 Å². The normalized spacial score (nSPS) is 22.4. The van der Waals surface area contributed by atoms with Gasteiger partial charge >= 0.3 is 0 Å². The Morgan fingerprint density at radius 2 is 2.04 bits per heavy atom. The van der Waals surface area contributed by atoms with Gasteiger partial charge in [0.25, 0.3) is 0 Å². The average molecular weight is 356 g/mol. The molecule has 0 radical (unpaired) electrons. The van der Waals surface area contributed by atoms with E-state index in [1.807, 2.05) is 24.5 Å². The summed E-state index contributed by atoms with van der Waals surface area (Å²) in [5.41, 5.74) is 1.20. The number of aryl methyl sites for hydroxylation is 1. The molecular weight excluding hydrogens is 328 g/mol. The lowest BCUT2D eigenvalue weighted by atomic mass is 9.87. The fourth-order valence-electron chi connectivity index (χ4n) is 4.04. The molecule has 2 aromatic rings. The Kier molecular flexibility index (Phi) is 4.96. The second-order valence-corrected chi connectivity index (χ2v) is 7.58. The summed E-state index contributed by atoms with van der Waals surface area (Å²) < 4.78 is 11.8. The van der Waals surface area contributed by atoms with Gasteiger partial charge in [-0.3, -0.25) is 4.90 Å². The molecule has 1 atom stereocenters. The molecule has 2 fully saturated rings. The Morgan fingerprint density at radius 3 is 2.69 bits per heavy atom. The Balaban J connectivity index is 1.32. The summed E-state index contributed by atoms with van der Waals surface area (Å²) in [5, 5.41) is 0. The number of hydrogen-bond donors (Lipinski definition) is 0. The minimum absolute atomic E-state index is 0.0158. The minimum atomic E-state index is 0.0158. The summed E-state index contributed by atoms with van der Waals surface area (Å²) in [6, 6.07) is 4.43. The number of anilines is 1. The number of aromatic nitrogens is 2. The Hall–Kier alpha value is -1.92. The van der Waals surface area contributed by atoms with Crippen LogP contribution in [0.25, 0.3) is 0 Å². The van der Waals surface area contributed by atoms with E-state index in [-0.39, 0.29) is 5.60 Å². The van der Waals surface area contributed by atoms with Gasteiger partial charge in [0, 0.05) is 31.5 Å². The van der Waals surface area contributed by atoms with Crippen molar-refractivity contribution in [2.45, 2.75) is 50.8 Å². The lowest BCUT2D eigenvalue weighted by Crippen LogP contribution is -2.45. The summed E-state index contributed by atoms with van der Waals surface area (Å²) in [6.07, 6.45) is 9.77. The number of nitrogens with zero attached hydrogens (tertiary/aromatic N) is 4. The maximum atomic E-state index is 6.32. The van der Waals surface area contributed by atoms with Gasteiger partial charge in [0.2, 0.25) is 5.95 Å². The molecule has 140 valence electrons. The van der Waals surface area contributed by atoms with Crippen molar-refractivity contribution < 1.29 is 9.15 Å². The smallest absolute Gasteiger partial charge is 0.225 e. The third kappa shape index (κ3) is 3.62. The van der Waals surface area contributed by atoms with E-state index in [4.69, 9.17) is 9.15 Å². The number of ether oxygens (including phenoxy) is 1. The van der Waals surface area contributed by atoms with Crippen molar-refractivity contribution in [1.82, 2.24) is 14.9 Å². The maximum absolute atomic E-state index is 6.32. The quantitative estimate of drug-likeness (QED) is 0.821. The van der Waals surface area contributed by atoms with Gasteiger partial charge in [0.1, 0.15) is 5.76 Å². The predicted octanol–water partition coefficient (Wildman–Crippen LogP) is 2.89. The zero-order chi connectivity index (χ0) is 18.0. The average Bonchev–Trinajstić information content (AvgIpc) is 3.33. The first-order valence-corrected chi connectivity index (χ1v) is 9.60. The van der Waals surface area contributed by atoms with Crippen LogP contribution in [-0.2, 0) is 17.7 Å². The number of likely N-dealkylation sites (N-methyl/N-ethyl adjacent to an activating group) is 1. The van der Waals surface area contributed by atoms with Crippen molar-refractivity contribution in [3.05, 3.63) is 42.1 Å². The molecule has 0 unspecified atom stereocenters. The van der Waals surface area contributed by atoms with E-state index in [2.05, 4.69) is 33.7 Å². The first-order valence-electron chi connectivity index (χ1n) is 9.60. The lowest BCUT2D eigenvalue weighted by molar-refractivity contribution is -0.0159. The summed E-state index contributed by atoms with van der Waals surface area (Å²) in [6.45, 7) is 5.68. The Labute approximate surface area is 155 Å². The molecule has 0 bridgehead atoms. The van der Waals surface area contributed by atoms with Crippen LogP contribution in [0, 0.1) is 0 Å². The van der Waals surface area contributed by atoms with Crippen molar-refractivity contribution in [3.8, 4) is 0 Å². The zero-order valence-electron chi connectivity index (χ0n) is 15.7. The molecule has 0 saturated carbocycles. The number of furan rings is 1. The van der Waals surface area contributed by atoms with Crippen molar-refractivity contribution >= 4 is 5.95 Å². The molecule has 0 N–H and O–H groups in total. The van der Waals surface area contributed by atoms with E-state index in [9.17, 15) is 0 Å². The number of piperidine rings is 1. The second kappa shape index (κ2) is 7.37. The molecule has 2 aliphatic heterocycles. The van der Waals surface area contributed by atoms with Crippen LogP contribution >= 0.6 is 0 Å². The van der Waals surface area contributed by atoms with Crippen LogP contribution in [0.5, 0.6) is 0 Å². The van der Waals surface area contributed by atoms with Crippen molar-refractivity contribution in [3.63, 3.8) is 0 Å². The molecule has 0 aliphatic carbocycles. The second-order valence-electron chi connectivity index (χ2n) is 7.58. The molecule has 2 aliphatic rings. The molecule has 26 heavy (non-hydrogen) atoms. The third-order valence-electron chi connectivity index (χ3n) is 5.86. The highest BCUT2D eigenvalue weighted by Gasteiger charge is 2.44. The van der Waals surface area contributed by atoms with Gasteiger partial charge in [-0.15, -0.1) is 0 Å². The van der Waals surface area contributed by atoms with Gasteiger partial charge in [0.15, 0.2) is 0 Å². The van der Waals surface area contributed by atoms with Gasteiger partial charge in [-0.2, -0.15) is 0 Å². The van der Waals surface area contributed by atoms with Crippen LogP contribution in [0.1, 0.15) is 37.5 Å². The van der Waals surface area contributed by atoms with Crippen LogP contribution in [0.4, 0.5) is 5.95 Å². The molecule has 6 heteroatoms. The Bertz CT molecular complexity index is 693. The van der Waals surface area contributed by atoms with E-state index in [0.717, 1.165) is 63.6 Å². The summed E-state index contributed by atoms with van der Waals surface area (Å²) in [4.78, 5) is 13.7. The third-order valence-corrected chi connectivity index (χ3v) is 5.86. The Morgan fingerprint density at radius 1 is 1.27 bits per heavy atom. The first-order chi connectivity index (χ1) is 12.7. The van der Waals surface area contributed by atoms with Gasteiger partial charge in [-0.1, -0.05) is 6.92 Å². The standard InChI is InChI=1S/C20H28N4O2/c1-3-16-12-21-19(22-13-16)24-8-6-20(7-9-24)11-17(15-26-20)23(2)14-18-5-4-10-25-18/h4-5,10,12-13,17H,3,6-9,11,14-15H2,1-2H3/t17-/m1/s1. The fraction of sp³-hybridized carbons (Fsp3) is 0.600. The number of hydrogen-bond acceptors (Lipinski definition) is 6. The van der Waals surface area contributed by atoms with Crippen LogP contribution in [0.15, 0.2) is 35.2 Å². The van der Waals surface area contributed by atoms with Gasteiger partial charge in [0.05, 0.1) is 25.0 Å². The van der Waals surface area contributed by atoms with E-state index >= 15 is 0 Å². The summed E-state index contributed by atoms with van der Waals surface area (Å²) in [5.74, 6) is 1.86. The molecule has 6 nitrogen and oxygen atoms in total. The summed E-state index contributed by atoms with van der Waals surface area (Å²) >= 11 is 0. The van der Waals surface area contributed by atoms with E-state index in [1.54, 1.807) is 6.26 Å². The maximum Gasteiger partial charge on any atom is 0.225 e. The zero-order valence-corrected chi connectivity index (χ0v) is 15.7. The SMILES string of the molecule is CCc1cnc(N2CCC3(CC2)C[C@@H](N(C)Cc2ccco2)CO3)nc1. The molecule has 0 aromatic carbocycles. The van der Waals surface area contributed by atoms with Gasteiger partial charge < -0.3 is 14.1 Å². The van der Waals surface area contributed by atoms with E-state index in [0.29, 0.717) is 6.04 Å². The molecule has 1 spiro atoms. The van der Waals surface area contributed by atoms with Crippen molar-refractivity contribution in [2.24, 2.45) is 0 Å². The van der Waals surface area contributed by atoms with Crippen molar-refractivity contribution in [1.29, 1.82) is 0 Å². The van der Waals surface area contributed by atoms with Crippen molar-refractivity contribution in [2.75, 3.05) is 31.6 Å². The number of rotatable bonds is 5. The highest BCUT2D eigenvalue weighted by molar-refractivity contribution is 5.31. The van der Waals surface area contributed by atoms with E-state index in [1.165, 1.54) is 5.56 Å². The van der Waals surface area contributed by atoms with Gasteiger partial charge in [-0.25, -0.2) is 9.97 Å². The minimum Gasteiger partial charge on any atom is -0.468 e. The van der Waals surface area contributed by atoms with Crippen LogP contribution < -0.4 is 4.90 Å². The van der Waals surface area contributed by atoms with Gasteiger partial charge in [-0.05, 0) is 50.4 Å². The first kappa shape index (κ1) is 17.5. The molecule has 2 saturated heterocycles. The van der Waals surface area contributed by atoms with E-state index < -0.39 is 0 Å². The monoisotopic (exact) mass is 356 g/mol. The highest BCUT2D eigenvalue weighted by atomic mass is 16.5. The highest BCUT2D eigenvalue weighted by Crippen LogP contribution is 2.38. The lowest BCUT2D eigenvalue weighted by Gasteiger charge is -2.39. The largest absolute Gasteiger partial charge is 0.468 e. The molecule has 4 rings (SSSR count). The molecular formula is C20H28N4O2. The van der Waals surface area contributed by atoms with Crippen LogP contribution in [0.2, 0.25) is 0 Å².